The Morgan fingerprint density at radius 1 is 1.50 bits per heavy atom. The minimum atomic E-state index is 0.185. The Morgan fingerprint density at radius 2 is 2.22 bits per heavy atom. The lowest BCUT2D eigenvalue weighted by Crippen LogP contribution is -2.17. The third-order valence-electron chi connectivity index (χ3n) is 2.98. The van der Waals surface area contributed by atoms with Gasteiger partial charge in [-0.15, -0.1) is 0 Å². The third-order valence-corrected chi connectivity index (χ3v) is 3.45. The van der Waals surface area contributed by atoms with Crippen molar-refractivity contribution in [3.63, 3.8) is 0 Å². The first-order chi connectivity index (χ1) is 8.47. The predicted octanol–water partition coefficient (Wildman–Crippen LogP) is 2.12. The summed E-state index contributed by atoms with van der Waals surface area (Å²) in [4.78, 5) is 0. The monoisotopic (exact) mass is 266 g/mol. The van der Waals surface area contributed by atoms with Crippen molar-refractivity contribution >= 4 is 11.6 Å². The van der Waals surface area contributed by atoms with Crippen LogP contribution < -0.4 is 5.73 Å². The van der Waals surface area contributed by atoms with Gasteiger partial charge in [0, 0.05) is 31.0 Å². The Labute approximate surface area is 112 Å². The first-order valence-electron chi connectivity index (χ1n) is 6.05. The molecule has 98 valence electrons. The second-order valence-electron chi connectivity index (χ2n) is 4.85. The molecule has 0 fully saturated rings. The lowest BCUT2D eigenvalue weighted by molar-refractivity contribution is 0.731. The summed E-state index contributed by atoms with van der Waals surface area (Å²) in [7, 11) is 1.86. The van der Waals surface area contributed by atoms with Gasteiger partial charge < -0.3 is 10.3 Å². The van der Waals surface area contributed by atoms with Crippen molar-refractivity contribution < 1.29 is 0 Å². The van der Waals surface area contributed by atoms with E-state index in [1.54, 1.807) is 4.68 Å². The van der Waals surface area contributed by atoms with Crippen LogP contribution in [0, 0.1) is 6.92 Å². The maximum absolute atomic E-state index is 6.22. The Balaban J connectivity index is 2.16. The van der Waals surface area contributed by atoms with Crippen molar-refractivity contribution in [1.82, 2.24) is 14.3 Å². The van der Waals surface area contributed by atoms with E-state index in [0.29, 0.717) is 5.15 Å². The van der Waals surface area contributed by atoms with E-state index in [2.05, 4.69) is 28.1 Å². The number of hydrogen-bond donors (Lipinski definition) is 1. The van der Waals surface area contributed by atoms with Crippen LogP contribution in [-0.2, 0) is 20.0 Å². The molecule has 0 bridgehead atoms. The summed E-state index contributed by atoms with van der Waals surface area (Å²) in [6, 6.07) is 2.28. The third kappa shape index (κ3) is 2.76. The van der Waals surface area contributed by atoms with Crippen LogP contribution in [0.2, 0.25) is 5.15 Å². The van der Waals surface area contributed by atoms with Gasteiger partial charge in [0.1, 0.15) is 5.15 Å². The number of aryl methyl sites for hydroxylation is 2. The highest BCUT2D eigenvalue weighted by Crippen LogP contribution is 2.20. The van der Waals surface area contributed by atoms with Crippen LogP contribution in [-0.4, -0.2) is 20.4 Å². The van der Waals surface area contributed by atoms with Crippen molar-refractivity contribution in [2.45, 2.75) is 32.9 Å². The van der Waals surface area contributed by atoms with Crippen LogP contribution in [0.4, 0.5) is 0 Å². The smallest absolute Gasteiger partial charge is 0.131 e. The molecular weight excluding hydrogens is 248 g/mol. The van der Waals surface area contributed by atoms with Gasteiger partial charge in [-0.1, -0.05) is 11.6 Å². The summed E-state index contributed by atoms with van der Waals surface area (Å²) in [6.45, 7) is 4.74. The van der Waals surface area contributed by atoms with E-state index < -0.39 is 0 Å². The van der Waals surface area contributed by atoms with Gasteiger partial charge in [-0.2, -0.15) is 5.10 Å². The van der Waals surface area contributed by atoms with E-state index >= 15 is 0 Å². The predicted molar refractivity (Wildman–Crippen MR) is 73.8 cm³/mol. The molecule has 2 heterocycles. The minimum Gasteiger partial charge on any atom is -0.349 e. The van der Waals surface area contributed by atoms with Gasteiger partial charge >= 0.3 is 0 Å². The lowest BCUT2D eigenvalue weighted by Gasteiger charge is -2.04. The van der Waals surface area contributed by atoms with Gasteiger partial charge in [0.05, 0.1) is 12.2 Å². The lowest BCUT2D eigenvalue weighted by atomic mass is 10.1. The molecule has 0 aromatic carbocycles. The quantitative estimate of drug-likeness (QED) is 0.922. The van der Waals surface area contributed by atoms with Crippen molar-refractivity contribution in [3.05, 3.63) is 40.4 Å². The van der Waals surface area contributed by atoms with E-state index in [-0.39, 0.29) is 6.04 Å². The maximum atomic E-state index is 6.22. The summed E-state index contributed by atoms with van der Waals surface area (Å²) in [6.07, 6.45) is 5.07. The zero-order valence-corrected chi connectivity index (χ0v) is 11.8. The van der Waals surface area contributed by atoms with Crippen LogP contribution in [0.1, 0.15) is 23.7 Å². The Bertz CT molecular complexity index is 539. The van der Waals surface area contributed by atoms with Crippen molar-refractivity contribution in [1.29, 1.82) is 0 Å². The van der Waals surface area contributed by atoms with E-state index in [1.807, 2.05) is 20.9 Å². The highest BCUT2D eigenvalue weighted by molar-refractivity contribution is 6.30. The fraction of sp³-hybridized carbons (Fsp3) is 0.462. The van der Waals surface area contributed by atoms with Gasteiger partial charge in [0.2, 0.25) is 0 Å². The summed E-state index contributed by atoms with van der Waals surface area (Å²) in [5, 5.41) is 5.02. The molecule has 2 rings (SSSR count). The zero-order chi connectivity index (χ0) is 13.3. The van der Waals surface area contributed by atoms with Crippen LogP contribution in [0.25, 0.3) is 0 Å². The molecule has 5 heteroatoms. The van der Waals surface area contributed by atoms with Crippen LogP contribution in [0.3, 0.4) is 0 Å². The number of nitrogens with zero attached hydrogens (tertiary/aromatic N) is 3. The number of nitrogens with two attached hydrogens (primary N) is 1. The van der Waals surface area contributed by atoms with E-state index in [9.17, 15) is 0 Å². The molecule has 0 radical (unpaired) electrons. The zero-order valence-electron chi connectivity index (χ0n) is 11.0. The standard InChI is InChI=1S/C13H19ClN4/c1-9(15)6-11-4-5-18(7-11)8-12-10(2)16-17(3)13(12)14/h4-5,7,9H,6,8,15H2,1-3H3. The SMILES string of the molecule is Cc1nn(C)c(Cl)c1Cn1ccc(CC(C)N)c1. The first kappa shape index (κ1) is 13.2. The fourth-order valence-corrected chi connectivity index (χ4v) is 2.35. The normalized spacial score (nSPS) is 12.9. The van der Waals surface area contributed by atoms with Crippen LogP contribution in [0.5, 0.6) is 0 Å². The Morgan fingerprint density at radius 3 is 2.78 bits per heavy atom. The molecule has 2 N–H and O–H groups in total. The largest absolute Gasteiger partial charge is 0.349 e. The van der Waals surface area contributed by atoms with Gasteiger partial charge in [-0.05, 0) is 31.9 Å². The highest BCUT2D eigenvalue weighted by atomic mass is 35.5. The molecule has 0 aliphatic rings. The second-order valence-corrected chi connectivity index (χ2v) is 5.21. The van der Waals surface area contributed by atoms with E-state index in [0.717, 1.165) is 24.2 Å². The fourth-order valence-electron chi connectivity index (χ4n) is 2.12. The average Bonchev–Trinajstić information content (AvgIpc) is 2.79. The van der Waals surface area contributed by atoms with Gasteiger partial charge in [-0.25, -0.2) is 0 Å². The molecule has 2 aromatic rings. The molecule has 0 saturated heterocycles. The van der Waals surface area contributed by atoms with Gasteiger partial charge in [0.15, 0.2) is 0 Å². The van der Waals surface area contributed by atoms with Crippen molar-refractivity contribution in [2.75, 3.05) is 0 Å². The molecule has 4 nitrogen and oxygen atoms in total. The Kier molecular flexibility index (Phi) is 3.78. The Hall–Kier alpha value is -1.26. The van der Waals surface area contributed by atoms with Gasteiger partial charge in [-0.3, -0.25) is 4.68 Å². The second kappa shape index (κ2) is 5.16. The summed E-state index contributed by atoms with van der Waals surface area (Å²) in [5.74, 6) is 0. The minimum absolute atomic E-state index is 0.185. The van der Waals surface area contributed by atoms with Crippen molar-refractivity contribution in [3.8, 4) is 0 Å². The topological polar surface area (TPSA) is 48.8 Å². The molecule has 0 aliphatic heterocycles. The first-order valence-corrected chi connectivity index (χ1v) is 6.43. The van der Waals surface area contributed by atoms with Crippen LogP contribution >= 0.6 is 11.6 Å². The van der Waals surface area contributed by atoms with Crippen LogP contribution in [0.15, 0.2) is 18.5 Å². The number of aromatic nitrogens is 3. The van der Waals surface area contributed by atoms with Gasteiger partial charge in [0.25, 0.3) is 0 Å². The summed E-state index contributed by atoms with van der Waals surface area (Å²) >= 11 is 6.22. The molecule has 0 amide bonds. The van der Waals surface area contributed by atoms with Crippen molar-refractivity contribution in [2.24, 2.45) is 12.8 Å². The summed E-state index contributed by atoms with van der Waals surface area (Å²) < 4.78 is 3.83. The molecule has 1 atom stereocenters. The molecule has 2 aromatic heterocycles. The molecule has 18 heavy (non-hydrogen) atoms. The summed E-state index contributed by atoms with van der Waals surface area (Å²) in [5.41, 5.74) is 9.09. The number of hydrogen-bond acceptors (Lipinski definition) is 2. The molecule has 1 unspecified atom stereocenters. The molecule has 0 spiro atoms. The van der Waals surface area contributed by atoms with E-state index in [4.69, 9.17) is 17.3 Å². The van der Waals surface area contributed by atoms with E-state index in [1.165, 1.54) is 5.56 Å². The number of halogens is 1. The molecule has 0 saturated carbocycles. The number of rotatable bonds is 4. The molecule has 0 aliphatic carbocycles. The highest BCUT2D eigenvalue weighted by Gasteiger charge is 2.11. The average molecular weight is 267 g/mol. The molecular formula is C13H19ClN4. The maximum Gasteiger partial charge on any atom is 0.131 e.